The monoisotopic (exact) mass is 411 g/mol. The van der Waals surface area contributed by atoms with Crippen molar-refractivity contribution >= 4 is 5.91 Å². The molecule has 3 aromatic rings. The van der Waals surface area contributed by atoms with Crippen LogP contribution >= 0.6 is 0 Å². The summed E-state index contributed by atoms with van der Waals surface area (Å²) in [7, 11) is 0. The standard InChI is InChI=1S/C29H33NO/c1-28(2)17-18-29(3,4)26-20-21(10-15-25(26)28)16-19-30-27(31)24-13-11-23(12-14-24)22-8-6-5-7-9-22/h5-15,20H,16-19H2,1-4H3,(H,30,31). The lowest BCUT2D eigenvalue weighted by molar-refractivity contribution is 0.0954. The molecular weight excluding hydrogens is 378 g/mol. The number of fused-ring (bicyclic) bond motifs is 1. The molecule has 0 bridgehead atoms. The van der Waals surface area contributed by atoms with E-state index in [1.165, 1.54) is 29.5 Å². The van der Waals surface area contributed by atoms with Crippen LogP contribution in [0.2, 0.25) is 0 Å². The zero-order valence-electron chi connectivity index (χ0n) is 19.2. The van der Waals surface area contributed by atoms with Crippen molar-refractivity contribution in [2.24, 2.45) is 0 Å². The highest BCUT2D eigenvalue weighted by Crippen LogP contribution is 2.45. The van der Waals surface area contributed by atoms with E-state index in [0.717, 1.165) is 17.5 Å². The van der Waals surface area contributed by atoms with Gasteiger partial charge in [-0.1, -0.05) is 88.4 Å². The molecule has 160 valence electrons. The van der Waals surface area contributed by atoms with Gasteiger partial charge in [-0.25, -0.2) is 0 Å². The van der Waals surface area contributed by atoms with Gasteiger partial charge in [0.25, 0.3) is 5.91 Å². The first kappa shape index (κ1) is 21.4. The third kappa shape index (κ3) is 4.58. The minimum absolute atomic E-state index is 0.0148. The SMILES string of the molecule is CC1(C)CCC(C)(C)c2cc(CCNC(=O)c3ccc(-c4ccccc4)cc3)ccc21. The van der Waals surface area contributed by atoms with E-state index in [0.29, 0.717) is 12.1 Å². The summed E-state index contributed by atoms with van der Waals surface area (Å²) >= 11 is 0. The molecule has 0 spiro atoms. The molecule has 0 saturated heterocycles. The summed E-state index contributed by atoms with van der Waals surface area (Å²) in [5.41, 5.74) is 7.69. The molecule has 1 N–H and O–H groups in total. The topological polar surface area (TPSA) is 29.1 Å². The first-order valence-corrected chi connectivity index (χ1v) is 11.3. The molecule has 0 aromatic heterocycles. The van der Waals surface area contributed by atoms with Crippen LogP contribution in [0.5, 0.6) is 0 Å². The van der Waals surface area contributed by atoms with Crippen LogP contribution in [-0.4, -0.2) is 12.5 Å². The third-order valence-electron chi connectivity index (χ3n) is 6.87. The summed E-state index contributed by atoms with van der Waals surface area (Å²) in [6.45, 7) is 10.0. The Bertz CT molecular complexity index is 1060. The number of rotatable bonds is 5. The van der Waals surface area contributed by atoms with E-state index in [-0.39, 0.29) is 16.7 Å². The lowest BCUT2D eigenvalue weighted by atomic mass is 9.63. The Morgan fingerprint density at radius 1 is 0.774 bits per heavy atom. The Kier molecular flexibility index (Phi) is 5.75. The van der Waals surface area contributed by atoms with Gasteiger partial charge in [0, 0.05) is 12.1 Å². The van der Waals surface area contributed by atoms with Crippen molar-refractivity contribution in [1.82, 2.24) is 5.32 Å². The van der Waals surface area contributed by atoms with Gasteiger partial charge in [0.1, 0.15) is 0 Å². The average Bonchev–Trinajstić information content (AvgIpc) is 2.78. The molecule has 0 heterocycles. The van der Waals surface area contributed by atoms with E-state index in [4.69, 9.17) is 0 Å². The lowest BCUT2D eigenvalue weighted by Gasteiger charge is -2.42. The van der Waals surface area contributed by atoms with Crippen LogP contribution in [0, 0.1) is 0 Å². The van der Waals surface area contributed by atoms with E-state index in [9.17, 15) is 4.79 Å². The smallest absolute Gasteiger partial charge is 0.251 e. The molecule has 4 rings (SSSR count). The van der Waals surface area contributed by atoms with E-state index in [1.54, 1.807) is 0 Å². The van der Waals surface area contributed by atoms with Crippen LogP contribution in [0.25, 0.3) is 11.1 Å². The van der Waals surface area contributed by atoms with Gasteiger partial charge in [-0.15, -0.1) is 0 Å². The molecule has 3 aromatic carbocycles. The second-order valence-electron chi connectivity index (χ2n) is 10.1. The maximum atomic E-state index is 12.6. The Hall–Kier alpha value is -2.87. The summed E-state index contributed by atoms with van der Waals surface area (Å²) < 4.78 is 0. The van der Waals surface area contributed by atoms with Crippen LogP contribution in [0.4, 0.5) is 0 Å². The van der Waals surface area contributed by atoms with E-state index >= 15 is 0 Å². The molecule has 0 aliphatic heterocycles. The predicted molar refractivity (Wildman–Crippen MR) is 130 cm³/mol. The number of hydrogen-bond acceptors (Lipinski definition) is 1. The normalized spacial score (nSPS) is 16.4. The molecule has 2 nitrogen and oxygen atoms in total. The van der Waals surface area contributed by atoms with Gasteiger partial charge in [-0.05, 0) is 70.0 Å². The fraction of sp³-hybridized carbons (Fsp3) is 0.345. The van der Waals surface area contributed by atoms with Crippen molar-refractivity contribution < 1.29 is 4.79 Å². The number of carbonyl (C=O) groups excluding carboxylic acids is 1. The molecule has 0 saturated carbocycles. The molecule has 1 aliphatic carbocycles. The van der Waals surface area contributed by atoms with Gasteiger partial charge in [0.2, 0.25) is 0 Å². The Balaban J connectivity index is 1.39. The van der Waals surface area contributed by atoms with Crippen molar-refractivity contribution in [3.8, 4) is 11.1 Å². The molecule has 1 amide bonds. The number of benzene rings is 3. The summed E-state index contributed by atoms with van der Waals surface area (Å²) in [5.74, 6) is -0.0148. The highest BCUT2D eigenvalue weighted by molar-refractivity contribution is 5.94. The van der Waals surface area contributed by atoms with Gasteiger partial charge in [-0.3, -0.25) is 4.79 Å². The van der Waals surface area contributed by atoms with Gasteiger partial charge < -0.3 is 5.32 Å². The largest absolute Gasteiger partial charge is 0.352 e. The third-order valence-corrected chi connectivity index (χ3v) is 6.87. The summed E-state index contributed by atoms with van der Waals surface area (Å²) in [4.78, 5) is 12.6. The Morgan fingerprint density at radius 3 is 2.06 bits per heavy atom. The molecule has 1 aliphatic rings. The number of nitrogens with one attached hydrogen (secondary N) is 1. The van der Waals surface area contributed by atoms with Gasteiger partial charge in [0.05, 0.1) is 0 Å². The molecule has 31 heavy (non-hydrogen) atoms. The zero-order chi connectivity index (χ0) is 22.1. The average molecular weight is 412 g/mol. The maximum Gasteiger partial charge on any atom is 0.251 e. The van der Waals surface area contributed by atoms with Crippen molar-refractivity contribution in [2.45, 2.75) is 57.8 Å². The Labute approximate surface area is 186 Å². The second kappa shape index (κ2) is 8.34. The molecule has 2 heteroatoms. The van der Waals surface area contributed by atoms with E-state index in [1.807, 2.05) is 42.5 Å². The number of carbonyl (C=O) groups is 1. The molecule has 0 unspecified atom stereocenters. The minimum atomic E-state index is -0.0148. The van der Waals surface area contributed by atoms with Crippen LogP contribution < -0.4 is 5.32 Å². The number of hydrogen-bond donors (Lipinski definition) is 1. The fourth-order valence-electron chi connectivity index (χ4n) is 4.66. The van der Waals surface area contributed by atoms with Crippen molar-refractivity contribution in [3.05, 3.63) is 95.1 Å². The molecule has 0 atom stereocenters. The zero-order valence-corrected chi connectivity index (χ0v) is 19.2. The van der Waals surface area contributed by atoms with Gasteiger partial charge in [0.15, 0.2) is 0 Å². The minimum Gasteiger partial charge on any atom is -0.352 e. The first-order valence-electron chi connectivity index (χ1n) is 11.3. The highest BCUT2D eigenvalue weighted by Gasteiger charge is 2.36. The van der Waals surface area contributed by atoms with Crippen molar-refractivity contribution in [1.29, 1.82) is 0 Å². The van der Waals surface area contributed by atoms with Crippen molar-refractivity contribution in [2.75, 3.05) is 6.54 Å². The van der Waals surface area contributed by atoms with Crippen LogP contribution in [0.15, 0.2) is 72.8 Å². The van der Waals surface area contributed by atoms with E-state index in [2.05, 4.69) is 63.3 Å². The van der Waals surface area contributed by atoms with Gasteiger partial charge >= 0.3 is 0 Å². The molecule has 0 radical (unpaired) electrons. The maximum absolute atomic E-state index is 12.6. The van der Waals surface area contributed by atoms with E-state index < -0.39 is 0 Å². The lowest BCUT2D eigenvalue weighted by Crippen LogP contribution is -2.34. The predicted octanol–water partition coefficient (Wildman–Crippen LogP) is 6.68. The number of amides is 1. The molecule has 0 fully saturated rings. The van der Waals surface area contributed by atoms with Crippen molar-refractivity contribution in [3.63, 3.8) is 0 Å². The van der Waals surface area contributed by atoms with Crippen LogP contribution in [0.3, 0.4) is 0 Å². The van der Waals surface area contributed by atoms with Gasteiger partial charge in [-0.2, -0.15) is 0 Å². The van der Waals surface area contributed by atoms with Crippen LogP contribution in [0.1, 0.15) is 67.6 Å². The summed E-state index contributed by atoms with van der Waals surface area (Å²) in [5, 5.41) is 3.08. The Morgan fingerprint density at radius 2 is 1.39 bits per heavy atom. The fourth-order valence-corrected chi connectivity index (χ4v) is 4.66. The second-order valence-corrected chi connectivity index (χ2v) is 10.1. The van der Waals surface area contributed by atoms with Crippen LogP contribution in [-0.2, 0) is 17.3 Å². The molecular formula is C29H33NO. The summed E-state index contributed by atoms with van der Waals surface area (Å²) in [6.07, 6.45) is 3.29. The highest BCUT2D eigenvalue weighted by atomic mass is 16.1. The quantitative estimate of drug-likeness (QED) is 0.499. The first-order chi connectivity index (χ1) is 14.8. The summed E-state index contributed by atoms with van der Waals surface area (Å²) in [6, 6.07) is 25.0.